The number of alkyl halides is 3. The Kier molecular flexibility index (Phi) is 9.16. The van der Waals surface area contributed by atoms with Crippen LogP contribution in [0, 0.1) is 0 Å². The first kappa shape index (κ1) is 26.9. The summed E-state index contributed by atoms with van der Waals surface area (Å²) in [6, 6.07) is 4.08. The van der Waals surface area contributed by atoms with E-state index in [1.807, 2.05) is 6.07 Å². The first-order valence-electron chi connectivity index (χ1n) is 10.9. The van der Waals surface area contributed by atoms with Crippen molar-refractivity contribution < 1.29 is 35.3 Å². The van der Waals surface area contributed by atoms with Gasteiger partial charge in [-0.15, -0.1) is 0 Å². The molecule has 0 saturated carbocycles. The molecule has 0 saturated heterocycles. The highest BCUT2D eigenvalue weighted by molar-refractivity contribution is 7.87. The average molecular weight is 493 g/mol. The van der Waals surface area contributed by atoms with Gasteiger partial charge in [-0.3, -0.25) is 0 Å². The zero-order valence-corrected chi connectivity index (χ0v) is 19.9. The molecule has 0 spiro atoms. The van der Waals surface area contributed by atoms with Crippen molar-refractivity contribution in [3.8, 4) is 0 Å². The van der Waals surface area contributed by atoms with Gasteiger partial charge < -0.3 is 14.2 Å². The first-order chi connectivity index (χ1) is 15.3. The van der Waals surface area contributed by atoms with Gasteiger partial charge in [0, 0.05) is 18.7 Å². The van der Waals surface area contributed by atoms with Crippen LogP contribution in [0.1, 0.15) is 70.6 Å². The van der Waals surface area contributed by atoms with E-state index in [0.717, 1.165) is 50.2 Å². The standard InChI is InChI=1S/C22H31F3N2O5S/c1-21(2,3)31-19(28)15-18(32-33(29,30)22(23,24)25)11-7-5-4-6-10-17-13-12-16-9-8-14-26-20(16)27-17/h12-13,15H,4-11,14H2,1-3H3,(H,26,27)/b18-15-. The number of esters is 1. The van der Waals surface area contributed by atoms with Gasteiger partial charge in [-0.05, 0) is 64.5 Å². The Labute approximate surface area is 192 Å². The number of carbonyl (C=O) groups is 1. The highest BCUT2D eigenvalue weighted by Crippen LogP contribution is 2.28. The summed E-state index contributed by atoms with van der Waals surface area (Å²) in [6.45, 7) is 5.66. The van der Waals surface area contributed by atoms with E-state index in [9.17, 15) is 26.4 Å². The van der Waals surface area contributed by atoms with E-state index in [2.05, 4.69) is 20.6 Å². The lowest BCUT2D eigenvalue weighted by Crippen LogP contribution is -2.26. The second-order valence-electron chi connectivity index (χ2n) is 8.88. The van der Waals surface area contributed by atoms with Gasteiger partial charge in [-0.2, -0.15) is 21.6 Å². The molecule has 1 aromatic rings. The van der Waals surface area contributed by atoms with Crippen molar-refractivity contribution in [2.24, 2.45) is 0 Å². The Morgan fingerprint density at radius 2 is 1.85 bits per heavy atom. The minimum absolute atomic E-state index is 0.143. The molecule has 11 heteroatoms. The third-order valence-electron chi connectivity index (χ3n) is 4.74. The maximum atomic E-state index is 12.7. The van der Waals surface area contributed by atoms with Crippen molar-refractivity contribution in [1.82, 2.24) is 4.98 Å². The average Bonchev–Trinajstić information content (AvgIpc) is 2.67. The Morgan fingerprint density at radius 3 is 2.52 bits per heavy atom. The number of hydrogen-bond donors (Lipinski definition) is 1. The lowest BCUT2D eigenvalue weighted by atomic mass is 10.0. The van der Waals surface area contributed by atoms with E-state index in [4.69, 9.17) is 4.74 Å². The molecule has 0 aliphatic carbocycles. The van der Waals surface area contributed by atoms with Gasteiger partial charge in [0.25, 0.3) is 0 Å². The highest BCUT2D eigenvalue weighted by atomic mass is 32.2. The number of nitrogens with zero attached hydrogens (tertiary/aromatic N) is 1. The second-order valence-corrected chi connectivity index (χ2v) is 10.4. The van der Waals surface area contributed by atoms with Crippen LogP contribution in [-0.4, -0.2) is 37.0 Å². The number of fused-ring (bicyclic) bond motifs is 1. The quantitative estimate of drug-likeness (QED) is 0.122. The van der Waals surface area contributed by atoms with Gasteiger partial charge in [0.1, 0.15) is 17.2 Å². The zero-order valence-electron chi connectivity index (χ0n) is 19.1. The van der Waals surface area contributed by atoms with E-state index >= 15 is 0 Å². The van der Waals surface area contributed by atoms with E-state index in [1.54, 1.807) is 20.8 Å². The van der Waals surface area contributed by atoms with Crippen molar-refractivity contribution in [1.29, 1.82) is 0 Å². The van der Waals surface area contributed by atoms with Crippen LogP contribution in [-0.2, 0) is 36.7 Å². The van der Waals surface area contributed by atoms with Crippen LogP contribution < -0.4 is 5.32 Å². The summed E-state index contributed by atoms with van der Waals surface area (Å²) in [6.07, 6.45) is 5.93. The third kappa shape index (κ3) is 9.23. The maximum Gasteiger partial charge on any atom is 0.534 e. The highest BCUT2D eigenvalue weighted by Gasteiger charge is 2.48. The molecule has 0 atom stereocenters. The molecule has 186 valence electrons. The second kappa shape index (κ2) is 11.2. The van der Waals surface area contributed by atoms with Gasteiger partial charge in [-0.1, -0.05) is 18.9 Å². The molecule has 0 radical (unpaired) electrons. The maximum absolute atomic E-state index is 12.7. The Balaban J connectivity index is 1.86. The van der Waals surface area contributed by atoms with Crippen molar-refractivity contribution >= 4 is 21.9 Å². The number of allylic oxidation sites excluding steroid dienone is 1. The molecule has 1 aliphatic heterocycles. The number of aromatic nitrogens is 1. The number of nitrogens with one attached hydrogen (secondary N) is 1. The lowest BCUT2D eigenvalue weighted by Gasteiger charge is -2.19. The molecule has 1 N–H and O–H groups in total. The number of unbranched alkanes of at least 4 members (excludes halogenated alkanes) is 3. The normalized spacial score (nSPS) is 14.9. The van der Waals surface area contributed by atoms with E-state index < -0.39 is 33.0 Å². The van der Waals surface area contributed by atoms with Crippen molar-refractivity contribution in [3.05, 3.63) is 35.2 Å². The Bertz CT molecular complexity index is 954. The Hall–Kier alpha value is -2.30. The summed E-state index contributed by atoms with van der Waals surface area (Å²) in [5.74, 6) is -0.635. The number of pyridine rings is 1. The smallest absolute Gasteiger partial charge is 0.457 e. The van der Waals surface area contributed by atoms with E-state index in [1.165, 1.54) is 5.56 Å². The molecular weight excluding hydrogens is 461 g/mol. The van der Waals surface area contributed by atoms with Crippen LogP contribution in [0.15, 0.2) is 24.0 Å². The minimum Gasteiger partial charge on any atom is -0.457 e. The van der Waals surface area contributed by atoms with E-state index in [0.29, 0.717) is 18.9 Å². The molecule has 0 unspecified atom stereocenters. The number of carbonyl (C=O) groups excluding carboxylic acids is 1. The van der Waals surface area contributed by atoms with Crippen molar-refractivity contribution in [3.63, 3.8) is 0 Å². The number of ether oxygens (including phenoxy) is 1. The summed E-state index contributed by atoms with van der Waals surface area (Å²) in [5, 5.41) is 3.29. The van der Waals surface area contributed by atoms with E-state index in [-0.39, 0.29) is 6.42 Å². The molecule has 0 aromatic carbocycles. The monoisotopic (exact) mass is 492 g/mol. The van der Waals surface area contributed by atoms with Crippen molar-refractivity contribution in [2.45, 2.75) is 83.2 Å². The van der Waals surface area contributed by atoms with Gasteiger partial charge in [0.05, 0.1) is 6.08 Å². The largest absolute Gasteiger partial charge is 0.534 e. The summed E-state index contributed by atoms with van der Waals surface area (Å²) in [4.78, 5) is 16.6. The topological polar surface area (TPSA) is 94.6 Å². The van der Waals surface area contributed by atoms with Gasteiger partial charge >= 0.3 is 21.6 Å². The Morgan fingerprint density at radius 1 is 1.15 bits per heavy atom. The molecule has 0 fully saturated rings. The lowest BCUT2D eigenvalue weighted by molar-refractivity contribution is -0.148. The molecule has 0 bridgehead atoms. The summed E-state index contributed by atoms with van der Waals surface area (Å²) < 4.78 is 70.0. The van der Waals surface area contributed by atoms with Crippen LogP contribution in [0.5, 0.6) is 0 Å². The number of aryl methyl sites for hydroxylation is 2. The first-order valence-corrected chi connectivity index (χ1v) is 12.3. The zero-order chi connectivity index (χ0) is 24.7. The molecule has 2 rings (SSSR count). The molecule has 2 heterocycles. The summed E-state index contributed by atoms with van der Waals surface area (Å²) >= 11 is 0. The summed E-state index contributed by atoms with van der Waals surface area (Å²) in [5.41, 5.74) is -4.30. The predicted molar refractivity (Wildman–Crippen MR) is 118 cm³/mol. The third-order valence-corrected chi connectivity index (χ3v) is 5.74. The number of hydrogen-bond acceptors (Lipinski definition) is 7. The fourth-order valence-electron chi connectivity index (χ4n) is 3.26. The van der Waals surface area contributed by atoms with Crippen LogP contribution >= 0.6 is 0 Å². The number of rotatable bonds is 10. The molecule has 33 heavy (non-hydrogen) atoms. The molecule has 7 nitrogen and oxygen atoms in total. The van der Waals surface area contributed by atoms with Crippen LogP contribution in [0.4, 0.5) is 19.0 Å². The fraction of sp³-hybridized carbons (Fsp3) is 0.636. The predicted octanol–water partition coefficient (Wildman–Crippen LogP) is 5.02. The van der Waals surface area contributed by atoms with Crippen LogP contribution in [0.2, 0.25) is 0 Å². The molecule has 1 aromatic heterocycles. The van der Waals surface area contributed by atoms with Crippen LogP contribution in [0.25, 0.3) is 0 Å². The number of anilines is 1. The molecule has 0 amide bonds. The van der Waals surface area contributed by atoms with Gasteiger partial charge in [-0.25, -0.2) is 9.78 Å². The molecule has 1 aliphatic rings. The summed E-state index contributed by atoms with van der Waals surface area (Å²) in [7, 11) is -5.87. The van der Waals surface area contributed by atoms with Crippen LogP contribution in [0.3, 0.4) is 0 Å². The van der Waals surface area contributed by atoms with Gasteiger partial charge in [0.2, 0.25) is 0 Å². The number of halogens is 3. The van der Waals surface area contributed by atoms with Gasteiger partial charge in [0.15, 0.2) is 0 Å². The SMILES string of the molecule is CC(C)(C)OC(=O)/C=C(/CCCCCCc1ccc2c(n1)NCCC2)OS(=O)(=O)C(F)(F)F. The fourth-order valence-corrected chi connectivity index (χ4v) is 3.76. The minimum atomic E-state index is -5.87. The molecular formula is C22H31F3N2O5S. The van der Waals surface area contributed by atoms with Crippen molar-refractivity contribution in [2.75, 3.05) is 11.9 Å².